The molecule has 1 aromatic carbocycles. The summed E-state index contributed by atoms with van der Waals surface area (Å²) in [4.78, 5) is 2.04. The van der Waals surface area contributed by atoms with Gasteiger partial charge in [-0.15, -0.1) is 0 Å². The van der Waals surface area contributed by atoms with Crippen LogP contribution < -0.4 is 18.9 Å². The first-order valence-electron chi connectivity index (χ1n) is 4.03. The van der Waals surface area contributed by atoms with Crippen LogP contribution in [0.2, 0.25) is 0 Å². The summed E-state index contributed by atoms with van der Waals surface area (Å²) in [6.07, 6.45) is 0. The Balaban J connectivity index is 0. The molecular weight excluding hydrogens is 157 g/mol. The zero-order chi connectivity index (χ0) is 9.14. The van der Waals surface area contributed by atoms with Crippen molar-refractivity contribution in [2.75, 3.05) is 14.1 Å². The second kappa shape index (κ2) is 5.34. The van der Waals surface area contributed by atoms with Crippen LogP contribution in [0.5, 0.6) is 5.75 Å². The van der Waals surface area contributed by atoms with Crippen molar-refractivity contribution in [3.05, 3.63) is 29.3 Å². The van der Waals surface area contributed by atoms with Gasteiger partial charge in [-0.2, -0.15) is 0 Å². The van der Waals surface area contributed by atoms with Crippen LogP contribution in [0.4, 0.5) is 0 Å². The summed E-state index contributed by atoms with van der Waals surface area (Å²) >= 11 is 0. The maximum absolute atomic E-state index is 9.46. The van der Waals surface area contributed by atoms with Crippen molar-refractivity contribution >= 4 is 0 Å². The molecule has 0 fully saturated rings. The van der Waals surface area contributed by atoms with Gasteiger partial charge in [0.2, 0.25) is 0 Å². The Morgan fingerprint density at radius 3 is 2.54 bits per heavy atom. The van der Waals surface area contributed by atoms with Crippen LogP contribution in [0.1, 0.15) is 12.6 Å². The zero-order valence-corrected chi connectivity index (χ0v) is 8.83. The van der Waals surface area contributed by atoms with E-state index in [4.69, 9.17) is 0 Å². The Hall–Kier alpha value is -0.423. The van der Waals surface area contributed by atoms with Gasteiger partial charge in [0.15, 0.2) is 0 Å². The number of rotatable bonds is 2. The van der Waals surface area contributed by atoms with Crippen molar-refractivity contribution in [1.82, 2.24) is 4.90 Å². The fourth-order valence-electron chi connectivity index (χ4n) is 1.18. The van der Waals surface area contributed by atoms with Crippen molar-refractivity contribution in [1.29, 1.82) is 0 Å². The summed E-state index contributed by atoms with van der Waals surface area (Å²) in [5, 5.41) is 9.46. The van der Waals surface area contributed by atoms with E-state index in [1.807, 2.05) is 38.1 Å². The fourth-order valence-corrected chi connectivity index (χ4v) is 1.18. The smallest absolute Gasteiger partial charge is 1.00 e. The Kier molecular flexibility index (Phi) is 5.16. The molecule has 0 radical (unpaired) electrons. The number of phenols is 1. The largest absolute Gasteiger partial charge is 1.00 e. The van der Waals surface area contributed by atoms with Crippen LogP contribution in [0.25, 0.3) is 0 Å². The second-order valence-electron chi connectivity index (χ2n) is 3.37. The molecule has 1 N–H and O–H groups in total. The van der Waals surface area contributed by atoms with Crippen LogP contribution in [-0.4, -0.2) is 24.1 Å². The molecule has 13 heavy (non-hydrogen) atoms. The number of phenolic OH excluding ortho intramolecular Hbond substituents is 1. The summed E-state index contributed by atoms with van der Waals surface area (Å²) in [5.74, 6) is 0.384. The summed E-state index contributed by atoms with van der Waals surface area (Å²) in [5.41, 5.74) is 2.17. The third kappa shape index (κ3) is 3.86. The van der Waals surface area contributed by atoms with Crippen LogP contribution in [0, 0.1) is 6.92 Å². The molecule has 0 aliphatic carbocycles. The fraction of sp³-hybridized carbons (Fsp3) is 0.400. The molecule has 0 unspecified atom stereocenters. The van der Waals surface area contributed by atoms with E-state index in [2.05, 4.69) is 0 Å². The van der Waals surface area contributed by atoms with Crippen molar-refractivity contribution in [2.45, 2.75) is 13.5 Å². The summed E-state index contributed by atoms with van der Waals surface area (Å²) in [6.45, 7) is 2.81. The van der Waals surface area contributed by atoms with E-state index in [-0.39, 0.29) is 20.3 Å². The molecule has 0 aromatic heterocycles. The first-order valence-corrected chi connectivity index (χ1v) is 4.03. The Bertz CT molecular complexity index is 279. The quantitative estimate of drug-likeness (QED) is 0.573. The minimum atomic E-state index is 0. The van der Waals surface area contributed by atoms with Crippen LogP contribution in [0.3, 0.4) is 0 Å². The van der Waals surface area contributed by atoms with Gasteiger partial charge < -0.3 is 11.4 Å². The Labute approximate surface area is 93.2 Å². The molecule has 0 spiro atoms. The molecule has 1 rings (SSSR count). The molecule has 0 saturated carbocycles. The number of benzene rings is 1. The average molecular weight is 173 g/mol. The van der Waals surface area contributed by atoms with Crippen molar-refractivity contribution in [3.63, 3.8) is 0 Å². The molecule has 2 nitrogen and oxygen atoms in total. The van der Waals surface area contributed by atoms with Crippen molar-refractivity contribution < 1.29 is 25.4 Å². The van der Waals surface area contributed by atoms with E-state index >= 15 is 0 Å². The predicted octanol–water partition coefficient (Wildman–Crippen LogP) is -1.12. The van der Waals surface area contributed by atoms with E-state index in [0.717, 1.165) is 12.1 Å². The Morgan fingerprint density at radius 2 is 2.00 bits per heavy atom. The molecule has 0 amide bonds. The topological polar surface area (TPSA) is 23.5 Å². The molecule has 0 aliphatic rings. The van der Waals surface area contributed by atoms with Gasteiger partial charge in [-0.3, -0.25) is 0 Å². The van der Waals surface area contributed by atoms with Crippen molar-refractivity contribution in [2.24, 2.45) is 0 Å². The van der Waals surface area contributed by atoms with Gasteiger partial charge in [0.05, 0.1) is 0 Å². The van der Waals surface area contributed by atoms with E-state index in [9.17, 15) is 5.11 Å². The predicted molar refractivity (Wildman–Crippen MR) is 51.3 cm³/mol. The molecule has 0 aliphatic heterocycles. The number of aromatic hydroxyl groups is 1. The number of hydrogen-bond donors (Lipinski definition) is 1. The van der Waals surface area contributed by atoms with Gasteiger partial charge in [-0.1, -0.05) is 17.7 Å². The monoisotopic (exact) mass is 173 g/mol. The summed E-state index contributed by atoms with van der Waals surface area (Å²) in [6, 6.07) is 5.66. The van der Waals surface area contributed by atoms with Gasteiger partial charge in [0, 0.05) is 12.1 Å². The van der Waals surface area contributed by atoms with E-state index < -0.39 is 0 Å². The van der Waals surface area contributed by atoms with Crippen molar-refractivity contribution in [3.8, 4) is 5.75 Å². The maximum atomic E-state index is 9.46. The third-order valence-corrected chi connectivity index (χ3v) is 1.72. The molecule has 0 saturated heterocycles. The molecule has 3 heteroatoms. The number of nitrogens with zero attached hydrogens (tertiary/aromatic N) is 1. The third-order valence-electron chi connectivity index (χ3n) is 1.72. The molecule has 0 atom stereocenters. The van der Waals surface area contributed by atoms with E-state index in [0.29, 0.717) is 5.75 Å². The standard InChI is InChI=1S/C10H15NO.Li.H/c1-8-4-5-10(12)9(6-8)7-11(2)3;;/h4-6,12H,7H2,1-3H3;;/q;+1;-1. The normalized spacial score (nSPS) is 9.85. The zero-order valence-electron chi connectivity index (χ0n) is 9.83. The van der Waals surface area contributed by atoms with E-state index in [1.54, 1.807) is 6.07 Å². The molecule has 1 aromatic rings. The first-order chi connectivity index (χ1) is 5.59. The van der Waals surface area contributed by atoms with Gasteiger partial charge >= 0.3 is 18.9 Å². The minimum Gasteiger partial charge on any atom is -1.00 e. The molecule has 0 bridgehead atoms. The molecule has 68 valence electrons. The molecular formula is C10H16LiNO. The summed E-state index contributed by atoms with van der Waals surface area (Å²) in [7, 11) is 3.98. The van der Waals surface area contributed by atoms with E-state index in [1.165, 1.54) is 5.56 Å². The van der Waals surface area contributed by atoms with Gasteiger partial charge in [-0.25, -0.2) is 0 Å². The van der Waals surface area contributed by atoms with Crippen LogP contribution in [-0.2, 0) is 6.54 Å². The number of hydrogen-bond acceptors (Lipinski definition) is 2. The first kappa shape index (κ1) is 12.6. The van der Waals surface area contributed by atoms with Gasteiger partial charge in [0.25, 0.3) is 0 Å². The minimum absolute atomic E-state index is 0. The van der Waals surface area contributed by atoms with Crippen LogP contribution in [0.15, 0.2) is 18.2 Å². The number of aryl methyl sites for hydroxylation is 1. The SMILES string of the molecule is Cc1ccc(O)c(CN(C)C)c1.[H-].[Li+]. The maximum Gasteiger partial charge on any atom is 1.00 e. The summed E-state index contributed by atoms with van der Waals surface area (Å²) < 4.78 is 0. The Morgan fingerprint density at radius 1 is 1.38 bits per heavy atom. The second-order valence-corrected chi connectivity index (χ2v) is 3.37. The van der Waals surface area contributed by atoms with Gasteiger partial charge in [-0.05, 0) is 27.1 Å². The average Bonchev–Trinajstić information content (AvgIpc) is 1.96. The van der Waals surface area contributed by atoms with Gasteiger partial charge in [0.1, 0.15) is 5.75 Å². The molecule has 0 heterocycles. The van der Waals surface area contributed by atoms with Crippen LogP contribution >= 0.6 is 0 Å².